The van der Waals surface area contributed by atoms with Crippen LogP contribution in [0.2, 0.25) is 0 Å². The summed E-state index contributed by atoms with van der Waals surface area (Å²) < 4.78 is 0. The van der Waals surface area contributed by atoms with Crippen molar-refractivity contribution in [2.45, 2.75) is 6.54 Å². The van der Waals surface area contributed by atoms with Crippen LogP contribution in [-0.2, 0) is 16.1 Å². The number of hydrogen-bond acceptors (Lipinski definition) is 6. The summed E-state index contributed by atoms with van der Waals surface area (Å²) in [6.45, 7) is -0.825. The third kappa shape index (κ3) is 4.47. The van der Waals surface area contributed by atoms with E-state index < -0.39 is 30.0 Å². The molecular weight excluding hydrogens is 264 g/mol. The average Bonchev–Trinajstić information content (AvgIpc) is 2.63. The van der Waals surface area contributed by atoms with Crippen molar-refractivity contribution in [3.8, 4) is 0 Å². The van der Waals surface area contributed by atoms with Crippen LogP contribution in [0.3, 0.4) is 0 Å². The minimum Gasteiger partial charge on any atom is -0.480 e. The summed E-state index contributed by atoms with van der Waals surface area (Å²) in [6.07, 6.45) is 0. The van der Waals surface area contributed by atoms with E-state index in [1.54, 1.807) is 0 Å². The van der Waals surface area contributed by atoms with Crippen molar-refractivity contribution in [3.63, 3.8) is 0 Å². The predicted octanol–water partition coefficient (Wildman–Crippen LogP) is 0.628. The number of carboxylic acid groups (broad SMARTS) is 2. The maximum Gasteiger partial charge on any atom is 0.324 e. The van der Waals surface area contributed by atoms with Gasteiger partial charge in [-0.25, -0.2) is 0 Å². The van der Waals surface area contributed by atoms with Crippen LogP contribution in [0.5, 0.6) is 0 Å². The molecule has 0 aliphatic rings. The standard InChI is InChI=1S/C9H10N2O6S/c12-8(13)3-10(4-9(14)15)2-6-1-7(11(16)17)18-5-6/h1,5H,2-4H2,(H,12,13)(H,14,15). The number of carboxylic acids is 2. The van der Waals surface area contributed by atoms with Gasteiger partial charge in [-0.1, -0.05) is 11.3 Å². The Morgan fingerprint density at radius 3 is 2.28 bits per heavy atom. The van der Waals surface area contributed by atoms with Gasteiger partial charge in [-0.2, -0.15) is 0 Å². The summed E-state index contributed by atoms with van der Waals surface area (Å²) in [5.41, 5.74) is 0.522. The van der Waals surface area contributed by atoms with Gasteiger partial charge < -0.3 is 10.2 Å². The van der Waals surface area contributed by atoms with Gasteiger partial charge in [-0.15, -0.1) is 0 Å². The van der Waals surface area contributed by atoms with Crippen molar-refractivity contribution in [2.75, 3.05) is 13.1 Å². The molecule has 0 fully saturated rings. The summed E-state index contributed by atoms with van der Waals surface area (Å²) in [5, 5.41) is 29.2. The number of hydrogen-bond donors (Lipinski definition) is 2. The molecule has 1 aromatic heterocycles. The molecule has 0 aliphatic heterocycles. The van der Waals surface area contributed by atoms with Crippen molar-refractivity contribution in [1.82, 2.24) is 4.90 Å². The number of aliphatic carboxylic acids is 2. The molecule has 0 unspecified atom stereocenters. The molecule has 1 aromatic rings. The van der Waals surface area contributed by atoms with E-state index in [0.717, 1.165) is 11.3 Å². The third-order valence-corrected chi connectivity index (χ3v) is 2.87. The molecule has 0 bridgehead atoms. The molecule has 0 saturated heterocycles. The zero-order chi connectivity index (χ0) is 13.7. The molecule has 18 heavy (non-hydrogen) atoms. The highest BCUT2D eigenvalue weighted by molar-refractivity contribution is 7.13. The Labute approximate surface area is 105 Å². The lowest BCUT2D eigenvalue weighted by molar-refractivity contribution is -0.380. The quantitative estimate of drug-likeness (QED) is 0.552. The highest BCUT2D eigenvalue weighted by Gasteiger charge is 2.16. The summed E-state index contributed by atoms with van der Waals surface area (Å²) in [4.78, 5) is 32.2. The van der Waals surface area contributed by atoms with Crippen molar-refractivity contribution in [2.24, 2.45) is 0 Å². The molecule has 98 valence electrons. The van der Waals surface area contributed by atoms with Crippen LogP contribution in [0, 0.1) is 10.1 Å². The van der Waals surface area contributed by atoms with Gasteiger partial charge in [-0.3, -0.25) is 24.6 Å². The lowest BCUT2D eigenvalue weighted by atomic mass is 10.3. The van der Waals surface area contributed by atoms with E-state index >= 15 is 0 Å². The van der Waals surface area contributed by atoms with Crippen LogP contribution in [0.1, 0.15) is 5.56 Å². The van der Waals surface area contributed by atoms with Crippen LogP contribution < -0.4 is 0 Å². The van der Waals surface area contributed by atoms with Crippen molar-refractivity contribution >= 4 is 28.3 Å². The van der Waals surface area contributed by atoms with E-state index in [2.05, 4.69) is 0 Å². The maximum atomic E-state index is 10.6. The average molecular weight is 274 g/mol. The molecule has 0 amide bonds. The Hall–Kier alpha value is -2.00. The highest BCUT2D eigenvalue weighted by Crippen LogP contribution is 2.23. The number of rotatable bonds is 7. The topological polar surface area (TPSA) is 121 Å². The minimum atomic E-state index is -1.15. The van der Waals surface area contributed by atoms with E-state index in [-0.39, 0.29) is 11.5 Å². The first-order valence-electron chi connectivity index (χ1n) is 4.76. The molecular formula is C9H10N2O6S. The van der Waals surface area contributed by atoms with Crippen LogP contribution in [0.25, 0.3) is 0 Å². The second-order valence-corrected chi connectivity index (χ2v) is 4.37. The molecule has 9 heteroatoms. The van der Waals surface area contributed by atoms with Gasteiger partial charge in [0, 0.05) is 18.0 Å². The molecule has 8 nitrogen and oxygen atoms in total. The molecule has 0 aromatic carbocycles. The smallest absolute Gasteiger partial charge is 0.324 e. The molecule has 0 radical (unpaired) electrons. The summed E-state index contributed by atoms with van der Waals surface area (Å²) in [7, 11) is 0. The van der Waals surface area contributed by atoms with E-state index in [4.69, 9.17) is 10.2 Å². The maximum absolute atomic E-state index is 10.6. The molecule has 1 rings (SSSR count). The Bertz CT molecular complexity index is 455. The fourth-order valence-corrected chi connectivity index (χ4v) is 2.07. The van der Waals surface area contributed by atoms with Gasteiger partial charge in [0.25, 0.3) is 0 Å². The number of nitro groups is 1. The Morgan fingerprint density at radius 1 is 1.33 bits per heavy atom. The zero-order valence-corrected chi connectivity index (χ0v) is 9.92. The van der Waals surface area contributed by atoms with E-state index in [0.29, 0.717) is 5.56 Å². The van der Waals surface area contributed by atoms with Crippen LogP contribution in [0.15, 0.2) is 11.4 Å². The Morgan fingerprint density at radius 2 is 1.89 bits per heavy atom. The van der Waals surface area contributed by atoms with Gasteiger partial charge in [0.1, 0.15) is 0 Å². The second kappa shape index (κ2) is 6.07. The van der Waals surface area contributed by atoms with Gasteiger partial charge in [0.15, 0.2) is 0 Å². The molecule has 0 saturated carbocycles. The van der Waals surface area contributed by atoms with E-state index in [1.807, 2.05) is 0 Å². The van der Waals surface area contributed by atoms with Crippen LogP contribution in [-0.4, -0.2) is 45.1 Å². The minimum absolute atomic E-state index is 0.0446. The number of nitrogens with zero attached hydrogens (tertiary/aromatic N) is 2. The second-order valence-electron chi connectivity index (χ2n) is 3.48. The van der Waals surface area contributed by atoms with Gasteiger partial charge in [-0.05, 0) is 5.56 Å². The van der Waals surface area contributed by atoms with Crippen molar-refractivity contribution < 1.29 is 24.7 Å². The Balaban J connectivity index is 2.71. The van der Waals surface area contributed by atoms with Gasteiger partial charge >= 0.3 is 16.9 Å². The molecule has 0 aliphatic carbocycles. The monoisotopic (exact) mass is 274 g/mol. The lowest BCUT2D eigenvalue weighted by Gasteiger charge is -2.16. The molecule has 2 N–H and O–H groups in total. The molecule has 0 atom stereocenters. The van der Waals surface area contributed by atoms with Crippen molar-refractivity contribution in [3.05, 3.63) is 27.1 Å². The normalized spacial score (nSPS) is 10.5. The number of carbonyl (C=O) groups is 2. The highest BCUT2D eigenvalue weighted by atomic mass is 32.1. The SMILES string of the molecule is O=C(O)CN(CC(=O)O)Cc1csc([N+](=O)[O-])c1. The first-order valence-corrected chi connectivity index (χ1v) is 5.64. The fraction of sp³-hybridized carbons (Fsp3) is 0.333. The summed E-state index contributed by atoms with van der Waals surface area (Å²) in [6, 6.07) is 1.31. The first-order chi connectivity index (χ1) is 8.38. The van der Waals surface area contributed by atoms with E-state index in [1.165, 1.54) is 16.3 Å². The number of thiophene rings is 1. The van der Waals surface area contributed by atoms with Crippen LogP contribution >= 0.6 is 11.3 Å². The fourth-order valence-electron chi connectivity index (χ4n) is 1.35. The lowest BCUT2D eigenvalue weighted by Crippen LogP contribution is -2.33. The third-order valence-electron chi connectivity index (χ3n) is 1.94. The van der Waals surface area contributed by atoms with Crippen molar-refractivity contribution in [1.29, 1.82) is 0 Å². The van der Waals surface area contributed by atoms with Crippen LogP contribution in [0.4, 0.5) is 5.00 Å². The van der Waals surface area contributed by atoms with Gasteiger partial charge in [0.2, 0.25) is 0 Å². The summed E-state index contributed by atoms with van der Waals surface area (Å²) >= 11 is 0.917. The van der Waals surface area contributed by atoms with Gasteiger partial charge in [0.05, 0.1) is 18.0 Å². The first kappa shape index (κ1) is 14.1. The summed E-state index contributed by atoms with van der Waals surface area (Å²) in [5.74, 6) is -2.30. The largest absolute Gasteiger partial charge is 0.480 e. The molecule has 1 heterocycles. The molecule has 0 spiro atoms. The predicted molar refractivity (Wildman–Crippen MR) is 61.5 cm³/mol. The Kier molecular flexibility index (Phi) is 4.75. The van der Waals surface area contributed by atoms with E-state index in [9.17, 15) is 19.7 Å². The zero-order valence-electron chi connectivity index (χ0n) is 9.11.